The molecule has 1 aliphatic rings. The highest BCUT2D eigenvalue weighted by molar-refractivity contribution is 6.02. The van der Waals surface area contributed by atoms with E-state index in [1.165, 1.54) is 17.0 Å². The number of hydrogen-bond donors (Lipinski definition) is 2. The Morgan fingerprint density at radius 1 is 1.33 bits per heavy atom. The molecular weight excluding hydrogens is 238 g/mol. The van der Waals surface area contributed by atoms with Crippen LogP contribution >= 0.6 is 0 Å². The lowest BCUT2D eigenvalue weighted by Crippen LogP contribution is -2.51. The third-order valence-corrected chi connectivity index (χ3v) is 2.57. The second kappa shape index (κ2) is 4.44. The van der Waals surface area contributed by atoms with Crippen molar-refractivity contribution < 1.29 is 19.5 Å². The number of aromatic carboxylic acids is 1. The minimum atomic E-state index is -1.06. The van der Waals surface area contributed by atoms with Crippen molar-refractivity contribution in [3.8, 4) is 0 Å². The average molecular weight is 249 g/mol. The SMILES string of the molecule is Cc1nc(N2CC(=O)NC(=O)C2)ccc1C(=O)O. The van der Waals surface area contributed by atoms with Crippen LogP contribution < -0.4 is 10.2 Å². The first-order valence-electron chi connectivity index (χ1n) is 5.26. The molecule has 18 heavy (non-hydrogen) atoms. The van der Waals surface area contributed by atoms with E-state index in [1.54, 1.807) is 6.92 Å². The number of rotatable bonds is 2. The molecule has 0 saturated carbocycles. The number of amides is 2. The van der Waals surface area contributed by atoms with Crippen molar-refractivity contribution in [3.05, 3.63) is 23.4 Å². The number of hydrogen-bond acceptors (Lipinski definition) is 5. The van der Waals surface area contributed by atoms with E-state index in [9.17, 15) is 14.4 Å². The van der Waals surface area contributed by atoms with Gasteiger partial charge in [-0.15, -0.1) is 0 Å². The molecule has 1 aromatic rings. The molecule has 0 aliphatic carbocycles. The number of carbonyl (C=O) groups is 3. The maximum atomic E-state index is 11.2. The molecule has 0 unspecified atom stereocenters. The Hall–Kier alpha value is -2.44. The monoisotopic (exact) mass is 249 g/mol. The van der Waals surface area contributed by atoms with Gasteiger partial charge < -0.3 is 10.0 Å². The van der Waals surface area contributed by atoms with E-state index in [-0.39, 0.29) is 18.7 Å². The Kier molecular flexibility index (Phi) is 2.97. The number of carboxylic acids is 1. The molecular formula is C11H11N3O4. The number of aromatic nitrogens is 1. The molecule has 0 bridgehead atoms. The summed E-state index contributed by atoms with van der Waals surface area (Å²) in [7, 11) is 0. The molecule has 7 heteroatoms. The largest absolute Gasteiger partial charge is 0.478 e. The summed E-state index contributed by atoms with van der Waals surface area (Å²) in [5.74, 6) is -1.43. The molecule has 2 heterocycles. The third kappa shape index (κ3) is 2.29. The lowest BCUT2D eigenvalue weighted by atomic mass is 10.2. The van der Waals surface area contributed by atoms with Crippen LogP contribution in [0.15, 0.2) is 12.1 Å². The number of nitrogens with zero attached hydrogens (tertiary/aromatic N) is 2. The van der Waals surface area contributed by atoms with E-state index in [2.05, 4.69) is 10.3 Å². The Balaban J connectivity index is 2.29. The fraction of sp³-hybridized carbons (Fsp3) is 0.273. The highest BCUT2D eigenvalue weighted by atomic mass is 16.4. The van der Waals surface area contributed by atoms with Crippen molar-refractivity contribution in [3.63, 3.8) is 0 Å². The molecule has 2 rings (SSSR count). The van der Waals surface area contributed by atoms with Crippen LogP contribution in [0, 0.1) is 6.92 Å². The fourth-order valence-electron chi connectivity index (χ4n) is 1.75. The summed E-state index contributed by atoms with van der Waals surface area (Å²) in [6.07, 6.45) is 0. The van der Waals surface area contributed by atoms with E-state index < -0.39 is 17.8 Å². The van der Waals surface area contributed by atoms with Crippen LogP contribution in [0.4, 0.5) is 5.82 Å². The molecule has 1 aromatic heterocycles. The Morgan fingerprint density at radius 3 is 2.44 bits per heavy atom. The maximum absolute atomic E-state index is 11.2. The first-order chi connectivity index (χ1) is 8.47. The van der Waals surface area contributed by atoms with Crippen molar-refractivity contribution in [2.24, 2.45) is 0 Å². The predicted molar refractivity (Wildman–Crippen MR) is 61.3 cm³/mol. The topological polar surface area (TPSA) is 99.6 Å². The van der Waals surface area contributed by atoms with Gasteiger partial charge in [0.2, 0.25) is 11.8 Å². The van der Waals surface area contributed by atoms with Crippen LogP contribution in [0.5, 0.6) is 0 Å². The fourth-order valence-corrected chi connectivity index (χ4v) is 1.75. The Bertz CT molecular complexity index is 525. The molecule has 94 valence electrons. The number of anilines is 1. The number of pyridine rings is 1. The van der Waals surface area contributed by atoms with Crippen molar-refractivity contribution in [2.75, 3.05) is 18.0 Å². The maximum Gasteiger partial charge on any atom is 0.337 e. The third-order valence-electron chi connectivity index (χ3n) is 2.57. The van der Waals surface area contributed by atoms with Gasteiger partial charge in [-0.05, 0) is 19.1 Å². The molecule has 1 fully saturated rings. The number of piperazine rings is 1. The molecule has 0 spiro atoms. The van der Waals surface area contributed by atoms with Crippen molar-refractivity contribution in [1.82, 2.24) is 10.3 Å². The number of nitrogens with one attached hydrogen (secondary N) is 1. The summed E-state index contributed by atoms with van der Waals surface area (Å²) < 4.78 is 0. The van der Waals surface area contributed by atoms with Gasteiger partial charge in [-0.2, -0.15) is 0 Å². The van der Waals surface area contributed by atoms with E-state index in [0.29, 0.717) is 11.5 Å². The minimum absolute atomic E-state index is 0.0323. The molecule has 0 radical (unpaired) electrons. The van der Waals surface area contributed by atoms with E-state index in [0.717, 1.165) is 0 Å². The number of imide groups is 1. The lowest BCUT2D eigenvalue weighted by Gasteiger charge is -2.26. The van der Waals surface area contributed by atoms with Gasteiger partial charge in [-0.3, -0.25) is 14.9 Å². The highest BCUT2D eigenvalue weighted by Crippen LogP contribution is 2.15. The van der Waals surface area contributed by atoms with Gasteiger partial charge in [-0.25, -0.2) is 9.78 Å². The predicted octanol–water partition coefficient (Wildman–Crippen LogP) is -0.449. The van der Waals surface area contributed by atoms with Gasteiger partial charge >= 0.3 is 5.97 Å². The van der Waals surface area contributed by atoms with Gasteiger partial charge in [0.1, 0.15) is 5.82 Å². The molecule has 0 aromatic carbocycles. The normalized spacial score (nSPS) is 15.5. The summed E-state index contributed by atoms with van der Waals surface area (Å²) in [5.41, 5.74) is 0.449. The zero-order valence-corrected chi connectivity index (χ0v) is 9.64. The van der Waals surface area contributed by atoms with E-state index in [1.807, 2.05) is 0 Å². The smallest absolute Gasteiger partial charge is 0.337 e. The van der Waals surface area contributed by atoms with Crippen LogP contribution in [0.25, 0.3) is 0 Å². The zero-order chi connectivity index (χ0) is 13.3. The second-order valence-electron chi connectivity index (χ2n) is 3.93. The first kappa shape index (κ1) is 12.0. The van der Waals surface area contributed by atoms with Gasteiger partial charge in [0.15, 0.2) is 0 Å². The summed E-state index contributed by atoms with van der Waals surface area (Å²) in [5, 5.41) is 11.1. The van der Waals surface area contributed by atoms with Crippen LogP contribution in [0.3, 0.4) is 0 Å². The summed E-state index contributed by atoms with van der Waals surface area (Å²) in [4.78, 5) is 38.9. The van der Waals surface area contributed by atoms with Gasteiger partial charge in [0.05, 0.1) is 24.3 Å². The second-order valence-corrected chi connectivity index (χ2v) is 3.93. The zero-order valence-electron chi connectivity index (χ0n) is 9.64. The molecule has 7 nitrogen and oxygen atoms in total. The van der Waals surface area contributed by atoms with Gasteiger partial charge in [-0.1, -0.05) is 0 Å². The number of aryl methyl sites for hydroxylation is 1. The minimum Gasteiger partial charge on any atom is -0.478 e. The molecule has 2 N–H and O–H groups in total. The van der Waals surface area contributed by atoms with E-state index in [4.69, 9.17) is 5.11 Å². The van der Waals surface area contributed by atoms with Crippen LogP contribution in [-0.4, -0.2) is 41.0 Å². The lowest BCUT2D eigenvalue weighted by molar-refractivity contribution is -0.130. The van der Waals surface area contributed by atoms with Gasteiger partial charge in [0, 0.05) is 0 Å². The Morgan fingerprint density at radius 2 is 1.94 bits per heavy atom. The quantitative estimate of drug-likeness (QED) is 0.689. The molecule has 1 saturated heterocycles. The molecule has 1 aliphatic heterocycles. The van der Waals surface area contributed by atoms with Crippen molar-refractivity contribution in [1.29, 1.82) is 0 Å². The standard InChI is InChI=1S/C11H11N3O4/c1-6-7(11(17)18)2-3-8(12-6)14-4-9(15)13-10(16)5-14/h2-3H,4-5H2,1H3,(H,17,18)(H,13,15,16). The average Bonchev–Trinajstić information content (AvgIpc) is 2.26. The van der Waals surface area contributed by atoms with Crippen LogP contribution in [-0.2, 0) is 9.59 Å². The molecule has 0 atom stereocenters. The summed E-state index contributed by atoms with van der Waals surface area (Å²) in [6.45, 7) is 1.63. The van der Waals surface area contributed by atoms with Crippen molar-refractivity contribution >= 4 is 23.6 Å². The number of carbonyl (C=O) groups excluding carboxylic acids is 2. The number of carboxylic acid groups (broad SMARTS) is 1. The highest BCUT2D eigenvalue weighted by Gasteiger charge is 2.24. The van der Waals surface area contributed by atoms with Crippen molar-refractivity contribution in [2.45, 2.75) is 6.92 Å². The van der Waals surface area contributed by atoms with E-state index >= 15 is 0 Å². The van der Waals surface area contributed by atoms with Gasteiger partial charge in [0.25, 0.3) is 0 Å². The van der Waals surface area contributed by atoms with Crippen LogP contribution in [0.2, 0.25) is 0 Å². The summed E-state index contributed by atoms with van der Waals surface area (Å²) >= 11 is 0. The molecule has 2 amide bonds. The Labute approximate surface area is 102 Å². The summed E-state index contributed by atoms with van der Waals surface area (Å²) in [6, 6.07) is 2.90. The van der Waals surface area contributed by atoms with Crippen LogP contribution in [0.1, 0.15) is 16.1 Å². The first-order valence-corrected chi connectivity index (χ1v) is 5.26.